The number of benzene rings is 1. The fourth-order valence-corrected chi connectivity index (χ4v) is 2.07. The molecule has 1 fully saturated rings. The second-order valence-electron chi connectivity index (χ2n) is 4.50. The van der Waals surface area contributed by atoms with E-state index in [2.05, 4.69) is 24.8 Å². The minimum atomic E-state index is 0.197. The van der Waals surface area contributed by atoms with Gasteiger partial charge in [-0.05, 0) is 38.1 Å². The molecule has 0 unspecified atom stereocenters. The van der Waals surface area contributed by atoms with Crippen LogP contribution >= 0.6 is 0 Å². The first-order valence-electron chi connectivity index (χ1n) is 5.64. The molecule has 0 aliphatic carbocycles. The molecule has 1 aromatic rings. The van der Waals surface area contributed by atoms with Gasteiger partial charge in [-0.2, -0.15) is 0 Å². The second-order valence-corrected chi connectivity index (χ2v) is 4.50. The SMILES string of the molecule is Cc1cccc(N2CCN(C)CC2=O)c1C. The number of aryl methyl sites for hydroxylation is 1. The van der Waals surface area contributed by atoms with Crippen molar-refractivity contribution in [2.75, 3.05) is 31.6 Å². The molecule has 0 N–H and O–H groups in total. The first kappa shape index (κ1) is 11.1. The van der Waals surface area contributed by atoms with Gasteiger partial charge in [0.2, 0.25) is 5.91 Å². The Balaban J connectivity index is 2.30. The number of likely N-dealkylation sites (N-methyl/N-ethyl adjacent to an activating group) is 1. The van der Waals surface area contributed by atoms with Crippen LogP contribution in [-0.2, 0) is 4.79 Å². The molecule has 0 saturated carbocycles. The predicted molar refractivity (Wildman–Crippen MR) is 65.8 cm³/mol. The first-order valence-corrected chi connectivity index (χ1v) is 5.64. The minimum Gasteiger partial charge on any atom is -0.310 e. The molecule has 0 bridgehead atoms. The number of carbonyl (C=O) groups is 1. The van der Waals surface area contributed by atoms with Crippen LogP contribution in [0.3, 0.4) is 0 Å². The van der Waals surface area contributed by atoms with Crippen LogP contribution in [0.25, 0.3) is 0 Å². The molecule has 1 aliphatic rings. The largest absolute Gasteiger partial charge is 0.310 e. The number of amides is 1. The highest BCUT2D eigenvalue weighted by molar-refractivity contribution is 5.96. The Bertz CT molecular complexity index is 414. The summed E-state index contributed by atoms with van der Waals surface area (Å²) in [6.45, 7) is 6.42. The maximum absolute atomic E-state index is 12.0. The Morgan fingerprint density at radius 3 is 2.62 bits per heavy atom. The number of anilines is 1. The van der Waals surface area contributed by atoms with Gasteiger partial charge in [-0.1, -0.05) is 12.1 Å². The number of nitrogens with zero attached hydrogens (tertiary/aromatic N) is 2. The lowest BCUT2D eigenvalue weighted by Gasteiger charge is -2.33. The van der Waals surface area contributed by atoms with Crippen molar-refractivity contribution in [2.45, 2.75) is 13.8 Å². The summed E-state index contributed by atoms with van der Waals surface area (Å²) in [5, 5.41) is 0. The van der Waals surface area contributed by atoms with Gasteiger partial charge in [-0.15, -0.1) is 0 Å². The maximum Gasteiger partial charge on any atom is 0.241 e. The van der Waals surface area contributed by atoms with Crippen LogP contribution < -0.4 is 4.90 Å². The average molecular weight is 218 g/mol. The van der Waals surface area contributed by atoms with E-state index >= 15 is 0 Å². The van der Waals surface area contributed by atoms with Crippen molar-refractivity contribution in [3.8, 4) is 0 Å². The number of hydrogen-bond acceptors (Lipinski definition) is 2. The molecule has 0 radical (unpaired) electrons. The zero-order valence-corrected chi connectivity index (χ0v) is 10.2. The van der Waals surface area contributed by atoms with Crippen molar-refractivity contribution in [2.24, 2.45) is 0 Å². The molecule has 2 rings (SSSR count). The number of rotatable bonds is 1. The quantitative estimate of drug-likeness (QED) is 0.714. The molecule has 86 valence electrons. The highest BCUT2D eigenvalue weighted by Gasteiger charge is 2.23. The van der Waals surface area contributed by atoms with Crippen LogP contribution in [0.1, 0.15) is 11.1 Å². The van der Waals surface area contributed by atoms with Gasteiger partial charge in [0.05, 0.1) is 6.54 Å². The summed E-state index contributed by atoms with van der Waals surface area (Å²) in [6.07, 6.45) is 0. The van der Waals surface area contributed by atoms with Gasteiger partial charge in [-0.3, -0.25) is 9.69 Å². The smallest absolute Gasteiger partial charge is 0.241 e. The molecule has 0 spiro atoms. The van der Waals surface area contributed by atoms with Gasteiger partial charge in [0.15, 0.2) is 0 Å². The van der Waals surface area contributed by atoms with Crippen LogP contribution in [-0.4, -0.2) is 37.5 Å². The Morgan fingerprint density at radius 1 is 1.19 bits per heavy atom. The molecular weight excluding hydrogens is 200 g/mol. The van der Waals surface area contributed by atoms with E-state index in [4.69, 9.17) is 0 Å². The van der Waals surface area contributed by atoms with Gasteiger partial charge >= 0.3 is 0 Å². The third kappa shape index (κ3) is 1.95. The van der Waals surface area contributed by atoms with E-state index in [9.17, 15) is 4.79 Å². The lowest BCUT2D eigenvalue weighted by atomic mass is 10.1. The van der Waals surface area contributed by atoms with Crippen LogP contribution in [0, 0.1) is 13.8 Å². The van der Waals surface area contributed by atoms with E-state index < -0.39 is 0 Å². The van der Waals surface area contributed by atoms with Crippen LogP contribution in [0.5, 0.6) is 0 Å². The Hall–Kier alpha value is -1.35. The van der Waals surface area contributed by atoms with E-state index in [1.807, 2.05) is 24.1 Å². The molecule has 0 atom stereocenters. The van der Waals surface area contributed by atoms with Crippen LogP contribution in [0.15, 0.2) is 18.2 Å². The van der Waals surface area contributed by atoms with Gasteiger partial charge < -0.3 is 4.90 Å². The Kier molecular flexibility index (Phi) is 2.97. The molecule has 3 nitrogen and oxygen atoms in total. The highest BCUT2D eigenvalue weighted by Crippen LogP contribution is 2.24. The van der Waals surface area contributed by atoms with Gasteiger partial charge in [0, 0.05) is 18.8 Å². The van der Waals surface area contributed by atoms with E-state index in [0.717, 1.165) is 18.8 Å². The molecular formula is C13H18N2O. The zero-order chi connectivity index (χ0) is 11.7. The highest BCUT2D eigenvalue weighted by atomic mass is 16.2. The monoisotopic (exact) mass is 218 g/mol. The van der Waals surface area contributed by atoms with Crippen LogP contribution in [0.4, 0.5) is 5.69 Å². The molecule has 1 aromatic carbocycles. The Morgan fingerprint density at radius 2 is 1.94 bits per heavy atom. The van der Waals surface area contributed by atoms with E-state index in [1.165, 1.54) is 11.1 Å². The lowest BCUT2D eigenvalue weighted by Crippen LogP contribution is -2.49. The third-order valence-electron chi connectivity index (χ3n) is 3.28. The zero-order valence-electron chi connectivity index (χ0n) is 10.2. The van der Waals surface area contributed by atoms with Crippen molar-refractivity contribution in [3.05, 3.63) is 29.3 Å². The molecule has 16 heavy (non-hydrogen) atoms. The fraction of sp³-hybridized carbons (Fsp3) is 0.462. The van der Waals surface area contributed by atoms with Crippen molar-refractivity contribution in [3.63, 3.8) is 0 Å². The van der Waals surface area contributed by atoms with Crippen molar-refractivity contribution >= 4 is 11.6 Å². The topological polar surface area (TPSA) is 23.6 Å². The van der Waals surface area contributed by atoms with Crippen molar-refractivity contribution in [1.82, 2.24) is 4.90 Å². The molecule has 3 heteroatoms. The summed E-state index contributed by atoms with van der Waals surface area (Å²) < 4.78 is 0. The minimum absolute atomic E-state index is 0.197. The normalized spacial score (nSPS) is 17.9. The number of hydrogen-bond donors (Lipinski definition) is 0. The third-order valence-corrected chi connectivity index (χ3v) is 3.28. The maximum atomic E-state index is 12.0. The van der Waals surface area contributed by atoms with Gasteiger partial charge in [-0.25, -0.2) is 0 Å². The average Bonchev–Trinajstić information content (AvgIpc) is 2.23. The predicted octanol–water partition coefficient (Wildman–Crippen LogP) is 1.58. The fourth-order valence-electron chi connectivity index (χ4n) is 2.07. The molecule has 1 amide bonds. The standard InChI is InChI=1S/C13H18N2O/c1-10-5-4-6-12(11(10)2)15-8-7-14(3)9-13(15)16/h4-6H,7-9H2,1-3H3. The molecule has 0 aromatic heterocycles. The lowest BCUT2D eigenvalue weighted by molar-refractivity contribution is -0.120. The van der Waals surface area contributed by atoms with Gasteiger partial charge in [0.1, 0.15) is 0 Å². The van der Waals surface area contributed by atoms with Crippen molar-refractivity contribution in [1.29, 1.82) is 0 Å². The summed E-state index contributed by atoms with van der Waals surface area (Å²) in [5.41, 5.74) is 3.52. The van der Waals surface area contributed by atoms with Crippen LogP contribution in [0.2, 0.25) is 0 Å². The Labute approximate surface area is 96.7 Å². The van der Waals surface area contributed by atoms with Gasteiger partial charge in [0.25, 0.3) is 0 Å². The van der Waals surface area contributed by atoms with E-state index in [-0.39, 0.29) is 5.91 Å². The van der Waals surface area contributed by atoms with Crippen molar-refractivity contribution < 1.29 is 4.79 Å². The summed E-state index contributed by atoms with van der Waals surface area (Å²) in [6, 6.07) is 6.13. The molecule has 1 aliphatic heterocycles. The second kappa shape index (κ2) is 4.26. The van der Waals surface area contributed by atoms with E-state index in [1.54, 1.807) is 0 Å². The first-order chi connectivity index (χ1) is 7.59. The summed E-state index contributed by atoms with van der Waals surface area (Å²) in [4.78, 5) is 15.9. The summed E-state index contributed by atoms with van der Waals surface area (Å²) in [7, 11) is 1.98. The summed E-state index contributed by atoms with van der Waals surface area (Å²) in [5.74, 6) is 0.197. The molecule has 1 saturated heterocycles. The van der Waals surface area contributed by atoms with E-state index in [0.29, 0.717) is 6.54 Å². The number of carbonyl (C=O) groups excluding carboxylic acids is 1. The summed E-state index contributed by atoms with van der Waals surface area (Å²) >= 11 is 0. The molecule has 1 heterocycles. The number of piperazine rings is 1.